The Hall–Kier alpha value is -0.770. The van der Waals surface area contributed by atoms with Crippen molar-refractivity contribution in [3.8, 4) is 0 Å². The van der Waals surface area contributed by atoms with Crippen molar-refractivity contribution < 1.29 is 4.79 Å². The Balaban J connectivity index is 2.64. The number of carbonyl (C=O) groups excluding carboxylic acids is 1. The topological polar surface area (TPSA) is 42.9 Å². The quantitative estimate of drug-likeness (QED) is 0.744. The smallest absolute Gasteiger partial charge is 0.145 e. The van der Waals surface area contributed by atoms with Gasteiger partial charge in [0.15, 0.2) is 0 Å². The molecular formula is C9H14N2OS. The van der Waals surface area contributed by atoms with Gasteiger partial charge in [-0.1, -0.05) is 20.8 Å². The Morgan fingerprint density at radius 1 is 1.54 bits per heavy atom. The molecule has 0 atom stereocenters. The summed E-state index contributed by atoms with van der Waals surface area (Å²) in [6, 6.07) is 0. The summed E-state index contributed by atoms with van der Waals surface area (Å²) in [5.41, 5.74) is 0. The fourth-order valence-corrected chi connectivity index (χ4v) is 1.68. The molecule has 0 saturated carbocycles. The fourth-order valence-electron chi connectivity index (χ4n) is 0.868. The van der Waals surface area contributed by atoms with Gasteiger partial charge in [0.2, 0.25) is 0 Å². The van der Waals surface area contributed by atoms with Crippen LogP contribution in [0.25, 0.3) is 0 Å². The van der Waals surface area contributed by atoms with Crippen LogP contribution >= 0.6 is 11.5 Å². The molecular weight excluding hydrogens is 184 g/mol. The summed E-state index contributed by atoms with van der Waals surface area (Å²) in [4.78, 5) is 15.4. The Bertz CT molecular complexity index is 294. The lowest BCUT2D eigenvalue weighted by Gasteiger charge is -1.94. The molecule has 0 spiro atoms. The van der Waals surface area contributed by atoms with Crippen molar-refractivity contribution in [2.75, 3.05) is 0 Å². The summed E-state index contributed by atoms with van der Waals surface area (Å²) < 4.78 is 4.18. The number of hydrogen-bond acceptors (Lipinski definition) is 4. The highest BCUT2D eigenvalue weighted by molar-refractivity contribution is 7.05. The molecule has 1 heterocycles. The first-order valence-electron chi connectivity index (χ1n) is 4.47. The summed E-state index contributed by atoms with van der Waals surface area (Å²) in [6.45, 7) is 5.97. The summed E-state index contributed by atoms with van der Waals surface area (Å²) in [6.07, 6.45) is 1.03. The van der Waals surface area contributed by atoms with E-state index in [9.17, 15) is 4.79 Å². The average molecular weight is 198 g/mol. The van der Waals surface area contributed by atoms with Gasteiger partial charge in [0.05, 0.1) is 6.42 Å². The standard InChI is InChI=1S/C9H14N2OS/c1-4-7(12)5-8-10-9(6(2)3)11-13-8/h6H,4-5H2,1-3H3. The fraction of sp³-hybridized carbons (Fsp3) is 0.667. The predicted octanol–water partition coefficient (Wildman–Crippen LogP) is 2.18. The van der Waals surface area contributed by atoms with Crippen LogP contribution in [-0.4, -0.2) is 15.1 Å². The van der Waals surface area contributed by atoms with Gasteiger partial charge in [-0.3, -0.25) is 4.79 Å². The predicted molar refractivity (Wildman–Crippen MR) is 53.0 cm³/mol. The Morgan fingerprint density at radius 3 is 2.69 bits per heavy atom. The van der Waals surface area contributed by atoms with Crippen LogP contribution in [-0.2, 0) is 11.2 Å². The van der Waals surface area contributed by atoms with E-state index >= 15 is 0 Å². The molecule has 0 unspecified atom stereocenters. The van der Waals surface area contributed by atoms with Gasteiger partial charge in [0.1, 0.15) is 16.6 Å². The molecule has 1 rings (SSSR count). The molecule has 0 aliphatic carbocycles. The minimum Gasteiger partial charge on any atom is -0.299 e. The Kier molecular flexibility index (Phi) is 3.54. The molecule has 4 heteroatoms. The van der Waals surface area contributed by atoms with Gasteiger partial charge < -0.3 is 0 Å². The second-order valence-corrected chi connectivity index (χ2v) is 4.11. The third-order valence-corrected chi connectivity index (χ3v) is 2.47. The average Bonchev–Trinajstić information content (AvgIpc) is 2.52. The van der Waals surface area contributed by atoms with E-state index in [2.05, 4.69) is 9.36 Å². The first-order valence-corrected chi connectivity index (χ1v) is 5.25. The first-order chi connectivity index (χ1) is 6.13. The van der Waals surface area contributed by atoms with Crippen molar-refractivity contribution in [2.24, 2.45) is 0 Å². The molecule has 0 fully saturated rings. The van der Waals surface area contributed by atoms with Crippen molar-refractivity contribution in [1.82, 2.24) is 9.36 Å². The van der Waals surface area contributed by atoms with Gasteiger partial charge in [-0.2, -0.15) is 4.37 Å². The molecule has 0 radical (unpaired) electrons. The van der Waals surface area contributed by atoms with E-state index in [1.54, 1.807) is 0 Å². The zero-order chi connectivity index (χ0) is 9.84. The second kappa shape index (κ2) is 4.46. The van der Waals surface area contributed by atoms with Crippen LogP contribution in [0.4, 0.5) is 0 Å². The molecule has 0 bridgehead atoms. The van der Waals surface area contributed by atoms with Crippen LogP contribution < -0.4 is 0 Å². The van der Waals surface area contributed by atoms with Crippen molar-refractivity contribution in [1.29, 1.82) is 0 Å². The van der Waals surface area contributed by atoms with Crippen molar-refractivity contribution in [3.63, 3.8) is 0 Å². The minimum absolute atomic E-state index is 0.228. The van der Waals surface area contributed by atoms with Crippen molar-refractivity contribution in [2.45, 2.75) is 39.5 Å². The maximum absolute atomic E-state index is 11.1. The van der Waals surface area contributed by atoms with Gasteiger partial charge in [0, 0.05) is 12.3 Å². The third kappa shape index (κ3) is 2.88. The monoisotopic (exact) mass is 198 g/mol. The summed E-state index contributed by atoms with van der Waals surface area (Å²) in [5, 5.41) is 0.843. The highest BCUT2D eigenvalue weighted by Gasteiger charge is 2.09. The summed E-state index contributed by atoms with van der Waals surface area (Å²) in [7, 11) is 0. The van der Waals surface area contributed by atoms with E-state index in [0.29, 0.717) is 18.8 Å². The maximum atomic E-state index is 11.1. The molecule has 0 aromatic carbocycles. The van der Waals surface area contributed by atoms with Crippen LogP contribution in [0.2, 0.25) is 0 Å². The van der Waals surface area contributed by atoms with E-state index in [0.717, 1.165) is 10.8 Å². The number of Topliss-reactive ketones (excluding diaryl/α,β-unsaturated/α-hetero) is 1. The molecule has 0 N–H and O–H groups in total. The summed E-state index contributed by atoms with van der Waals surface area (Å²) >= 11 is 1.34. The summed E-state index contributed by atoms with van der Waals surface area (Å²) in [5.74, 6) is 1.43. The minimum atomic E-state index is 0.228. The van der Waals surface area contributed by atoms with Gasteiger partial charge in [-0.05, 0) is 11.5 Å². The second-order valence-electron chi connectivity index (χ2n) is 3.27. The molecule has 0 amide bonds. The lowest BCUT2D eigenvalue weighted by atomic mass is 10.2. The lowest BCUT2D eigenvalue weighted by molar-refractivity contribution is -0.118. The molecule has 13 heavy (non-hydrogen) atoms. The van der Waals surface area contributed by atoms with Crippen LogP contribution in [0.1, 0.15) is 43.9 Å². The van der Waals surface area contributed by atoms with E-state index < -0.39 is 0 Å². The first kappa shape index (κ1) is 10.3. The van der Waals surface area contributed by atoms with E-state index in [-0.39, 0.29) is 5.78 Å². The molecule has 0 aliphatic rings. The zero-order valence-electron chi connectivity index (χ0n) is 8.20. The zero-order valence-corrected chi connectivity index (χ0v) is 9.02. The molecule has 72 valence electrons. The largest absolute Gasteiger partial charge is 0.299 e. The van der Waals surface area contributed by atoms with Gasteiger partial charge in [-0.25, -0.2) is 4.98 Å². The van der Waals surface area contributed by atoms with Crippen LogP contribution in [0, 0.1) is 0 Å². The highest BCUT2D eigenvalue weighted by Crippen LogP contribution is 2.14. The normalized spacial score (nSPS) is 10.8. The number of hydrogen-bond donors (Lipinski definition) is 0. The maximum Gasteiger partial charge on any atom is 0.145 e. The Morgan fingerprint density at radius 2 is 2.23 bits per heavy atom. The number of rotatable bonds is 4. The Labute approximate surface area is 82.4 Å². The van der Waals surface area contributed by atoms with Crippen molar-refractivity contribution in [3.05, 3.63) is 10.8 Å². The van der Waals surface area contributed by atoms with Gasteiger partial charge >= 0.3 is 0 Å². The van der Waals surface area contributed by atoms with Crippen LogP contribution in [0.3, 0.4) is 0 Å². The molecule has 0 saturated heterocycles. The van der Waals surface area contributed by atoms with E-state index in [4.69, 9.17) is 0 Å². The van der Waals surface area contributed by atoms with Crippen molar-refractivity contribution >= 4 is 17.3 Å². The molecule has 3 nitrogen and oxygen atoms in total. The van der Waals surface area contributed by atoms with Gasteiger partial charge in [-0.15, -0.1) is 0 Å². The number of aromatic nitrogens is 2. The SMILES string of the molecule is CCC(=O)Cc1nc(C(C)C)ns1. The number of nitrogens with zero attached hydrogens (tertiary/aromatic N) is 2. The highest BCUT2D eigenvalue weighted by atomic mass is 32.1. The van der Waals surface area contributed by atoms with Crippen LogP contribution in [0.15, 0.2) is 0 Å². The van der Waals surface area contributed by atoms with Crippen LogP contribution in [0.5, 0.6) is 0 Å². The molecule has 1 aromatic rings. The lowest BCUT2D eigenvalue weighted by Crippen LogP contribution is -2.00. The molecule has 1 aromatic heterocycles. The molecule has 0 aliphatic heterocycles. The third-order valence-electron chi connectivity index (χ3n) is 1.74. The number of carbonyl (C=O) groups is 1. The van der Waals surface area contributed by atoms with Gasteiger partial charge in [0.25, 0.3) is 0 Å². The van der Waals surface area contributed by atoms with E-state index in [1.165, 1.54) is 11.5 Å². The van der Waals surface area contributed by atoms with E-state index in [1.807, 2.05) is 20.8 Å². The number of ketones is 1.